The first-order chi connectivity index (χ1) is 9.56. The minimum atomic E-state index is -1.11. The smallest absolute Gasteiger partial charge is 0.326 e. The third-order valence-electron chi connectivity index (χ3n) is 2.55. The van der Waals surface area contributed by atoms with Gasteiger partial charge in [-0.05, 0) is 22.0 Å². The maximum absolute atomic E-state index is 12.0. The molecule has 8 heteroatoms. The van der Waals surface area contributed by atoms with Crippen molar-refractivity contribution in [2.45, 2.75) is 12.5 Å². The van der Waals surface area contributed by atoms with Gasteiger partial charge in [-0.2, -0.15) is 0 Å². The summed E-state index contributed by atoms with van der Waals surface area (Å²) in [7, 11) is 0. The van der Waals surface area contributed by atoms with E-state index >= 15 is 0 Å². The van der Waals surface area contributed by atoms with E-state index < -0.39 is 17.9 Å². The topological polar surface area (TPSA) is 108 Å². The molecule has 0 fully saturated rings. The number of aliphatic carboxylic acids is 1. The van der Waals surface area contributed by atoms with E-state index in [0.29, 0.717) is 10.2 Å². The molecule has 1 atom stereocenters. The molecule has 2 aromatic heterocycles. The highest BCUT2D eigenvalue weighted by atomic mass is 79.9. The molecule has 0 radical (unpaired) electrons. The summed E-state index contributed by atoms with van der Waals surface area (Å²) < 4.78 is 0.644. The fourth-order valence-corrected chi connectivity index (χ4v) is 1.96. The molecule has 0 aliphatic heterocycles. The van der Waals surface area contributed by atoms with Crippen molar-refractivity contribution in [3.05, 3.63) is 46.7 Å². The first-order valence-corrected chi connectivity index (χ1v) is 6.47. The average molecular weight is 339 g/mol. The molecule has 3 N–H and O–H groups in total. The monoisotopic (exact) mass is 338 g/mol. The van der Waals surface area contributed by atoms with E-state index in [1.807, 2.05) is 0 Å². The molecule has 2 rings (SSSR count). The van der Waals surface area contributed by atoms with Crippen molar-refractivity contribution in [2.24, 2.45) is 0 Å². The van der Waals surface area contributed by atoms with Gasteiger partial charge in [0.05, 0.1) is 11.9 Å². The van der Waals surface area contributed by atoms with Crippen molar-refractivity contribution in [3.8, 4) is 0 Å². The first-order valence-electron chi connectivity index (χ1n) is 5.67. The molecule has 0 unspecified atom stereocenters. The third-order valence-corrected chi connectivity index (χ3v) is 2.98. The molecular weight excluding hydrogens is 328 g/mol. The van der Waals surface area contributed by atoms with Crippen LogP contribution in [0.4, 0.5) is 0 Å². The SMILES string of the molecule is O=C(N[C@H](Cc1cnc[nH]1)C(=O)O)c1cncc(Br)c1. The predicted octanol–water partition coefficient (Wildman–Crippen LogP) is 0.993. The molecule has 0 aliphatic carbocycles. The number of nitrogens with one attached hydrogen (secondary N) is 2. The van der Waals surface area contributed by atoms with Crippen LogP contribution in [0.1, 0.15) is 16.1 Å². The Morgan fingerprint density at radius 2 is 2.15 bits per heavy atom. The normalized spacial score (nSPS) is 11.8. The Morgan fingerprint density at radius 1 is 1.35 bits per heavy atom. The maximum Gasteiger partial charge on any atom is 0.326 e. The van der Waals surface area contributed by atoms with Crippen molar-refractivity contribution in [1.82, 2.24) is 20.3 Å². The summed E-state index contributed by atoms with van der Waals surface area (Å²) in [4.78, 5) is 33.6. The lowest BCUT2D eigenvalue weighted by atomic mass is 10.1. The van der Waals surface area contributed by atoms with Gasteiger partial charge >= 0.3 is 5.97 Å². The second-order valence-corrected chi connectivity index (χ2v) is 4.95. The number of pyridine rings is 1. The number of hydrogen-bond donors (Lipinski definition) is 3. The van der Waals surface area contributed by atoms with Gasteiger partial charge in [-0.15, -0.1) is 0 Å². The summed E-state index contributed by atoms with van der Waals surface area (Å²) in [6.07, 6.45) is 6.00. The molecule has 0 aromatic carbocycles. The number of imidazole rings is 1. The third kappa shape index (κ3) is 3.64. The van der Waals surface area contributed by atoms with Gasteiger partial charge in [0.25, 0.3) is 5.91 Å². The van der Waals surface area contributed by atoms with E-state index in [4.69, 9.17) is 5.11 Å². The summed E-state index contributed by atoms with van der Waals surface area (Å²) in [5, 5.41) is 11.6. The Labute approximate surface area is 122 Å². The standard InChI is InChI=1S/C12H11BrN4O3/c13-8-1-7(3-14-4-8)11(18)17-10(12(19)20)2-9-5-15-6-16-9/h1,3-6,10H,2H2,(H,15,16)(H,17,18)(H,19,20)/t10-/m1/s1. The lowest BCUT2D eigenvalue weighted by molar-refractivity contribution is -0.139. The zero-order chi connectivity index (χ0) is 14.5. The molecule has 0 saturated carbocycles. The van der Waals surface area contributed by atoms with E-state index in [1.54, 1.807) is 6.07 Å². The van der Waals surface area contributed by atoms with Gasteiger partial charge in [0.2, 0.25) is 0 Å². The van der Waals surface area contributed by atoms with Gasteiger partial charge in [-0.3, -0.25) is 9.78 Å². The molecule has 20 heavy (non-hydrogen) atoms. The highest BCUT2D eigenvalue weighted by Crippen LogP contribution is 2.10. The van der Waals surface area contributed by atoms with Crippen LogP contribution in [0, 0.1) is 0 Å². The van der Waals surface area contributed by atoms with Crippen molar-refractivity contribution >= 4 is 27.8 Å². The quantitative estimate of drug-likeness (QED) is 0.753. The van der Waals surface area contributed by atoms with Gasteiger partial charge in [-0.1, -0.05) is 0 Å². The number of carbonyl (C=O) groups excluding carboxylic acids is 1. The number of rotatable bonds is 5. The fourth-order valence-electron chi connectivity index (χ4n) is 1.59. The van der Waals surface area contributed by atoms with Gasteiger partial charge in [-0.25, -0.2) is 9.78 Å². The minimum Gasteiger partial charge on any atom is -0.480 e. The molecular formula is C12H11BrN4O3. The zero-order valence-corrected chi connectivity index (χ0v) is 11.8. The summed E-state index contributed by atoms with van der Waals surface area (Å²) in [6.45, 7) is 0. The number of H-pyrrole nitrogens is 1. The summed E-state index contributed by atoms with van der Waals surface area (Å²) in [5.41, 5.74) is 0.917. The number of hydrogen-bond acceptors (Lipinski definition) is 4. The van der Waals surface area contributed by atoms with Crippen molar-refractivity contribution in [2.75, 3.05) is 0 Å². The number of nitrogens with zero attached hydrogens (tertiary/aromatic N) is 2. The van der Waals surface area contributed by atoms with E-state index in [2.05, 4.69) is 36.2 Å². The lowest BCUT2D eigenvalue weighted by Crippen LogP contribution is -2.42. The van der Waals surface area contributed by atoms with Crippen LogP contribution in [0.2, 0.25) is 0 Å². The molecule has 2 aromatic rings. The molecule has 0 spiro atoms. The average Bonchev–Trinajstić information content (AvgIpc) is 2.90. The van der Waals surface area contributed by atoms with Crippen molar-refractivity contribution < 1.29 is 14.7 Å². The number of halogens is 1. The van der Waals surface area contributed by atoms with Gasteiger partial charge < -0.3 is 15.4 Å². The van der Waals surface area contributed by atoms with E-state index in [0.717, 1.165) is 0 Å². The maximum atomic E-state index is 12.0. The number of amides is 1. The van der Waals surface area contributed by atoms with Gasteiger partial charge in [0.15, 0.2) is 0 Å². The molecule has 1 amide bonds. The van der Waals surface area contributed by atoms with Crippen LogP contribution in [0.15, 0.2) is 35.5 Å². The van der Waals surface area contributed by atoms with Crippen LogP contribution in [0.3, 0.4) is 0 Å². The Hall–Kier alpha value is -2.22. The summed E-state index contributed by atoms with van der Waals surface area (Å²) in [6, 6.07) is 0.527. The molecule has 0 saturated heterocycles. The summed E-state index contributed by atoms with van der Waals surface area (Å²) >= 11 is 3.20. The highest BCUT2D eigenvalue weighted by Gasteiger charge is 2.21. The minimum absolute atomic E-state index is 0.127. The molecule has 0 bridgehead atoms. The number of aromatic amines is 1. The van der Waals surface area contributed by atoms with Crippen LogP contribution >= 0.6 is 15.9 Å². The molecule has 2 heterocycles. The van der Waals surface area contributed by atoms with E-state index in [1.165, 1.54) is 24.9 Å². The fraction of sp³-hybridized carbons (Fsp3) is 0.167. The number of carboxylic acids is 1. The Kier molecular flexibility index (Phi) is 4.46. The number of carbonyl (C=O) groups is 2. The Balaban J connectivity index is 2.08. The molecule has 7 nitrogen and oxygen atoms in total. The Morgan fingerprint density at radius 3 is 2.75 bits per heavy atom. The van der Waals surface area contributed by atoms with Gasteiger partial charge in [0, 0.05) is 35.2 Å². The van der Waals surface area contributed by atoms with E-state index in [9.17, 15) is 9.59 Å². The highest BCUT2D eigenvalue weighted by molar-refractivity contribution is 9.10. The first kappa shape index (κ1) is 14.2. The Bertz CT molecular complexity index is 615. The summed E-state index contributed by atoms with van der Waals surface area (Å²) in [5.74, 6) is -1.61. The van der Waals surface area contributed by atoms with Crippen molar-refractivity contribution in [3.63, 3.8) is 0 Å². The van der Waals surface area contributed by atoms with E-state index in [-0.39, 0.29) is 12.0 Å². The predicted molar refractivity (Wildman–Crippen MR) is 73.1 cm³/mol. The molecule has 0 aliphatic rings. The van der Waals surface area contributed by atoms with Crippen LogP contribution in [-0.2, 0) is 11.2 Å². The van der Waals surface area contributed by atoms with Crippen LogP contribution < -0.4 is 5.32 Å². The molecule has 104 valence electrons. The number of aromatic nitrogens is 3. The second kappa shape index (κ2) is 6.29. The van der Waals surface area contributed by atoms with Crippen LogP contribution in [0.5, 0.6) is 0 Å². The lowest BCUT2D eigenvalue weighted by Gasteiger charge is -2.13. The van der Waals surface area contributed by atoms with Gasteiger partial charge in [0.1, 0.15) is 6.04 Å². The largest absolute Gasteiger partial charge is 0.480 e. The zero-order valence-electron chi connectivity index (χ0n) is 10.2. The second-order valence-electron chi connectivity index (χ2n) is 4.04. The van der Waals surface area contributed by atoms with Crippen LogP contribution in [0.25, 0.3) is 0 Å². The van der Waals surface area contributed by atoms with Crippen LogP contribution in [-0.4, -0.2) is 38.0 Å². The number of carboxylic acid groups (broad SMARTS) is 1. The van der Waals surface area contributed by atoms with Crippen molar-refractivity contribution in [1.29, 1.82) is 0 Å².